The maximum atomic E-state index is 12.1. The molecule has 4 aromatic rings. The number of hydrogen-bond acceptors (Lipinski definition) is 7. The van der Waals surface area contributed by atoms with Crippen molar-refractivity contribution in [3.05, 3.63) is 53.4 Å². The van der Waals surface area contributed by atoms with Gasteiger partial charge in [0.15, 0.2) is 16.0 Å². The van der Waals surface area contributed by atoms with E-state index >= 15 is 0 Å². The Morgan fingerprint density at radius 2 is 1.77 bits per heavy atom. The maximum Gasteiger partial charge on any atom is 0.190 e. The lowest BCUT2D eigenvalue weighted by Crippen LogP contribution is -1.91. The molecule has 0 radical (unpaired) electrons. The van der Waals surface area contributed by atoms with Crippen LogP contribution in [0.1, 0.15) is 16.6 Å². The number of rotatable bonds is 5. The zero-order chi connectivity index (χ0) is 18.1. The number of para-hydroxylation sites is 1. The Morgan fingerprint density at radius 1 is 1.00 bits per heavy atom. The highest BCUT2D eigenvalue weighted by Crippen LogP contribution is 2.36. The van der Waals surface area contributed by atoms with Crippen molar-refractivity contribution in [1.29, 1.82) is 0 Å². The fraction of sp³-hybridized carbons (Fsp3) is 0.105. The van der Waals surface area contributed by atoms with Gasteiger partial charge in [0.2, 0.25) is 0 Å². The first kappa shape index (κ1) is 17.2. The predicted molar refractivity (Wildman–Crippen MR) is 112 cm³/mol. The molecule has 0 saturated heterocycles. The first-order valence-corrected chi connectivity index (χ1v) is 10.8. The summed E-state index contributed by atoms with van der Waals surface area (Å²) in [6.07, 6.45) is 2.05. The molecule has 7 heteroatoms. The van der Waals surface area contributed by atoms with Crippen LogP contribution in [-0.2, 0) is 0 Å². The molecule has 2 heterocycles. The van der Waals surface area contributed by atoms with Crippen LogP contribution in [0.5, 0.6) is 0 Å². The highest BCUT2D eigenvalue weighted by Gasteiger charge is 2.17. The van der Waals surface area contributed by atoms with Crippen molar-refractivity contribution in [2.75, 3.05) is 11.6 Å². The number of fused-ring (bicyclic) bond motifs is 1. The van der Waals surface area contributed by atoms with Crippen molar-refractivity contribution < 1.29 is 4.79 Å². The van der Waals surface area contributed by atoms with Crippen LogP contribution in [-0.4, -0.2) is 22.0 Å². The van der Waals surface area contributed by atoms with Crippen molar-refractivity contribution in [2.45, 2.75) is 11.8 Å². The van der Waals surface area contributed by atoms with Crippen molar-refractivity contribution >= 4 is 60.7 Å². The van der Waals surface area contributed by atoms with Crippen LogP contribution >= 0.6 is 34.4 Å². The molecule has 0 bridgehead atoms. The average Bonchev–Trinajstić information content (AvgIpc) is 3.26. The second kappa shape index (κ2) is 7.19. The van der Waals surface area contributed by atoms with Crippen LogP contribution in [0.2, 0.25) is 0 Å². The van der Waals surface area contributed by atoms with Gasteiger partial charge in [0.1, 0.15) is 0 Å². The Labute approximate surface area is 163 Å². The Balaban J connectivity index is 1.72. The third-order valence-electron chi connectivity index (χ3n) is 3.81. The van der Waals surface area contributed by atoms with Crippen LogP contribution in [0.15, 0.2) is 53.4 Å². The van der Waals surface area contributed by atoms with E-state index in [1.807, 2.05) is 42.7 Å². The molecule has 0 atom stereocenters. The van der Waals surface area contributed by atoms with E-state index in [0.717, 1.165) is 31.5 Å². The molecule has 0 unspecified atom stereocenters. The second-order valence-corrected chi connectivity index (χ2v) is 8.45. The van der Waals surface area contributed by atoms with Crippen molar-refractivity contribution in [3.8, 4) is 11.3 Å². The molecule has 2 aromatic carbocycles. The largest absolute Gasteiger partial charge is 0.307 e. The van der Waals surface area contributed by atoms with Gasteiger partial charge in [-0.3, -0.25) is 4.79 Å². The lowest BCUT2D eigenvalue weighted by Gasteiger charge is -1.98. The van der Waals surface area contributed by atoms with E-state index in [4.69, 9.17) is 4.98 Å². The number of nitrogens with one attached hydrogen (secondary N) is 1. The minimum atomic E-state index is 0.0170. The number of hydrogen-bond donors (Lipinski definition) is 1. The zero-order valence-corrected chi connectivity index (χ0v) is 16.6. The first-order chi connectivity index (χ1) is 12.7. The molecule has 2 aromatic heterocycles. The second-order valence-electron chi connectivity index (χ2n) is 5.57. The molecule has 4 nitrogen and oxygen atoms in total. The highest BCUT2D eigenvalue weighted by atomic mass is 32.2. The lowest BCUT2D eigenvalue weighted by atomic mass is 10.1. The molecule has 0 aliphatic carbocycles. The van der Waals surface area contributed by atoms with Gasteiger partial charge in [-0.05, 0) is 18.4 Å². The van der Waals surface area contributed by atoms with Gasteiger partial charge in [0, 0.05) is 17.4 Å². The number of anilines is 2. The van der Waals surface area contributed by atoms with Crippen molar-refractivity contribution in [1.82, 2.24) is 9.97 Å². The predicted octanol–water partition coefficient (Wildman–Crippen LogP) is 6.09. The van der Waals surface area contributed by atoms with Gasteiger partial charge in [-0.15, -0.1) is 11.8 Å². The summed E-state index contributed by atoms with van der Waals surface area (Å²) in [4.78, 5) is 23.2. The van der Waals surface area contributed by atoms with Crippen LogP contribution in [0.3, 0.4) is 0 Å². The molecule has 0 aliphatic rings. The van der Waals surface area contributed by atoms with E-state index in [0.29, 0.717) is 10.0 Å². The smallest absolute Gasteiger partial charge is 0.190 e. The molecule has 4 rings (SSSR count). The fourth-order valence-corrected chi connectivity index (χ4v) is 5.10. The van der Waals surface area contributed by atoms with Gasteiger partial charge >= 0.3 is 0 Å². The SMILES string of the molecule is CSc1cccc2sc(Nc3nc(-c4ccccc4)c(C(C)=O)s3)nc12. The van der Waals surface area contributed by atoms with Crippen molar-refractivity contribution in [3.63, 3.8) is 0 Å². The summed E-state index contributed by atoms with van der Waals surface area (Å²) in [7, 11) is 0. The number of carbonyl (C=O) groups is 1. The molecule has 1 N–H and O–H groups in total. The number of thioether (sulfide) groups is 1. The number of aromatic nitrogens is 2. The summed E-state index contributed by atoms with van der Waals surface area (Å²) in [6.45, 7) is 1.58. The zero-order valence-electron chi connectivity index (χ0n) is 14.1. The standard InChI is InChI=1S/C19H15N3OS3/c1-11(23)17-15(12-7-4-3-5-8-12)20-19(26-17)22-18-21-16-13(24-2)9-6-10-14(16)25-18/h3-10H,1-2H3,(H,20,21,22). The molecule has 0 aliphatic heterocycles. The summed E-state index contributed by atoms with van der Waals surface area (Å²) >= 11 is 4.64. The van der Waals surface area contributed by atoms with Gasteiger partial charge in [-0.2, -0.15) is 0 Å². The third kappa shape index (κ3) is 3.25. The topological polar surface area (TPSA) is 54.9 Å². The van der Waals surface area contributed by atoms with Gasteiger partial charge in [-0.25, -0.2) is 9.97 Å². The Bertz CT molecular complexity index is 1090. The number of thiazole rings is 2. The molecule has 0 fully saturated rings. The summed E-state index contributed by atoms with van der Waals surface area (Å²) < 4.78 is 1.13. The number of benzene rings is 2. The summed E-state index contributed by atoms with van der Waals surface area (Å²) in [6, 6.07) is 16.0. The average molecular weight is 398 g/mol. The molecule has 0 saturated carbocycles. The fourth-order valence-electron chi connectivity index (χ4n) is 2.64. The summed E-state index contributed by atoms with van der Waals surface area (Å²) in [5.41, 5.74) is 2.66. The van der Waals surface area contributed by atoms with Crippen LogP contribution in [0.4, 0.5) is 10.3 Å². The van der Waals surface area contributed by atoms with E-state index in [-0.39, 0.29) is 5.78 Å². The van der Waals surface area contributed by atoms with E-state index < -0.39 is 0 Å². The first-order valence-electron chi connectivity index (χ1n) is 7.93. The quantitative estimate of drug-likeness (QED) is 0.326. The summed E-state index contributed by atoms with van der Waals surface area (Å²) in [5, 5.41) is 4.75. The molecule has 0 spiro atoms. The third-order valence-corrected chi connectivity index (χ3v) is 6.59. The molecule has 130 valence electrons. The number of nitrogens with zero attached hydrogens (tertiary/aromatic N) is 2. The van der Waals surface area contributed by atoms with Gasteiger partial charge in [0.25, 0.3) is 0 Å². The van der Waals surface area contributed by atoms with E-state index in [1.54, 1.807) is 30.0 Å². The molecular formula is C19H15N3OS3. The monoisotopic (exact) mass is 397 g/mol. The molecular weight excluding hydrogens is 382 g/mol. The van der Waals surface area contributed by atoms with Crippen LogP contribution < -0.4 is 5.32 Å². The van der Waals surface area contributed by atoms with Crippen LogP contribution in [0.25, 0.3) is 21.5 Å². The Kier molecular flexibility index (Phi) is 4.76. The van der Waals surface area contributed by atoms with E-state index in [2.05, 4.69) is 22.4 Å². The molecule has 26 heavy (non-hydrogen) atoms. The summed E-state index contributed by atoms with van der Waals surface area (Å²) in [5.74, 6) is 0.0170. The number of ketones is 1. The maximum absolute atomic E-state index is 12.1. The van der Waals surface area contributed by atoms with E-state index in [1.165, 1.54) is 11.3 Å². The number of Topliss-reactive ketones (excluding diaryl/α,β-unsaturated/α-hetero) is 1. The Morgan fingerprint density at radius 3 is 2.50 bits per heavy atom. The minimum Gasteiger partial charge on any atom is -0.307 e. The van der Waals surface area contributed by atoms with Crippen molar-refractivity contribution in [2.24, 2.45) is 0 Å². The lowest BCUT2D eigenvalue weighted by molar-refractivity contribution is 0.102. The number of carbonyl (C=O) groups excluding carboxylic acids is 1. The van der Waals surface area contributed by atoms with E-state index in [9.17, 15) is 4.79 Å². The highest BCUT2D eigenvalue weighted by molar-refractivity contribution is 7.98. The normalized spacial score (nSPS) is 11.0. The van der Waals surface area contributed by atoms with Gasteiger partial charge in [0.05, 0.1) is 20.8 Å². The molecule has 0 amide bonds. The van der Waals surface area contributed by atoms with Crippen LogP contribution in [0, 0.1) is 0 Å². The minimum absolute atomic E-state index is 0.0170. The Hall–Kier alpha value is -2.22. The van der Waals surface area contributed by atoms with Gasteiger partial charge in [-0.1, -0.05) is 59.1 Å². The van der Waals surface area contributed by atoms with Gasteiger partial charge < -0.3 is 5.32 Å².